The fourth-order valence-corrected chi connectivity index (χ4v) is 2.67. The van der Waals surface area contributed by atoms with Gasteiger partial charge in [0.2, 0.25) is 5.91 Å². The Labute approximate surface area is 102 Å². The predicted octanol–water partition coefficient (Wildman–Crippen LogP) is 2.46. The van der Waals surface area contributed by atoms with Crippen LogP contribution in [0.5, 0.6) is 0 Å². The predicted molar refractivity (Wildman–Crippen MR) is 64.9 cm³/mol. The Hall–Kier alpha value is -0.390. The molecule has 0 aliphatic rings. The minimum absolute atomic E-state index is 0.0227. The summed E-state index contributed by atoms with van der Waals surface area (Å²) in [5.41, 5.74) is 0. The second-order valence-corrected chi connectivity index (χ2v) is 5.72. The molecule has 2 N–H and O–H groups in total. The average molecular weight is 292 g/mol. The second-order valence-electron chi connectivity index (χ2n) is 3.22. The summed E-state index contributed by atoms with van der Waals surface area (Å²) in [4.78, 5) is 11.9. The van der Waals surface area contributed by atoms with E-state index in [1.54, 1.807) is 7.05 Å². The van der Waals surface area contributed by atoms with E-state index in [0.717, 1.165) is 8.66 Å². The summed E-state index contributed by atoms with van der Waals surface area (Å²) in [5, 5.41) is 12.3. The van der Waals surface area contributed by atoms with Crippen LogP contribution in [0.4, 0.5) is 0 Å². The Bertz CT molecular complexity index is 327. The lowest BCUT2D eigenvalue weighted by Crippen LogP contribution is -2.17. The SMILES string of the molecule is CNC(=O)CCCC(O)c1ccc(Br)s1. The molecule has 1 heterocycles. The van der Waals surface area contributed by atoms with Crippen LogP contribution < -0.4 is 5.32 Å². The molecular formula is C10H14BrNO2S. The number of hydrogen-bond acceptors (Lipinski definition) is 3. The van der Waals surface area contributed by atoms with Crippen LogP contribution in [0.3, 0.4) is 0 Å². The van der Waals surface area contributed by atoms with E-state index in [1.807, 2.05) is 12.1 Å². The minimum Gasteiger partial charge on any atom is -0.388 e. The van der Waals surface area contributed by atoms with Gasteiger partial charge in [0.25, 0.3) is 0 Å². The molecule has 0 saturated heterocycles. The molecule has 0 bridgehead atoms. The lowest BCUT2D eigenvalue weighted by Gasteiger charge is -2.07. The standard InChI is InChI=1S/C10H14BrNO2S/c1-12-10(14)4-2-3-7(13)8-5-6-9(11)15-8/h5-7,13H,2-4H2,1H3,(H,12,14). The first-order valence-electron chi connectivity index (χ1n) is 4.77. The molecule has 0 aliphatic heterocycles. The van der Waals surface area contributed by atoms with E-state index >= 15 is 0 Å². The van der Waals surface area contributed by atoms with Gasteiger partial charge in [-0.25, -0.2) is 0 Å². The van der Waals surface area contributed by atoms with Crippen molar-refractivity contribution in [3.63, 3.8) is 0 Å². The van der Waals surface area contributed by atoms with E-state index in [-0.39, 0.29) is 5.91 Å². The lowest BCUT2D eigenvalue weighted by atomic mass is 10.1. The highest BCUT2D eigenvalue weighted by atomic mass is 79.9. The van der Waals surface area contributed by atoms with Crippen LogP contribution in [0.15, 0.2) is 15.9 Å². The van der Waals surface area contributed by atoms with Crippen molar-refractivity contribution in [1.29, 1.82) is 0 Å². The summed E-state index contributed by atoms with van der Waals surface area (Å²) in [5.74, 6) is 0.0227. The maximum Gasteiger partial charge on any atom is 0.219 e. The van der Waals surface area contributed by atoms with Gasteiger partial charge in [0.15, 0.2) is 0 Å². The number of aliphatic hydroxyl groups is 1. The zero-order valence-corrected chi connectivity index (χ0v) is 10.9. The molecule has 5 heteroatoms. The van der Waals surface area contributed by atoms with Crippen LogP contribution in [-0.2, 0) is 4.79 Å². The average Bonchev–Trinajstić information content (AvgIpc) is 2.64. The zero-order valence-electron chi connectivity index (χ0n) is 8.50. The molecule has 1 aromatic rings. The lowest BCUT2D eigenvalue weighted by molar-refractivity contribution is -0.120. The number of thiophene rings is 1. The number of nitrogens with one attached hydrogen (secondary N) is 1. The van der Waals surface area contributed by atoms with Gasteiger partial charge in [0.05, 0.1) is 9.89 Å². The van der Waals surface area contributed by atoms with E-state index in [0.29, 0.717) is 19.3 Å². The molecule has 15 heavy (non-hydrogen) atoms. The van der Waals surface area contributed by atoms with Crippen molar-refractivity contribution in [2.45, 2.75) is 25.4 Å². The Kier molecular flexibility index (Phi) is 5.28. The highest BCUT2D eigenvalue weighted by Gasteiger charge is 2.10. The second kappa shape index (κ2) is 6.25. The molecule has 84 valence electrons. The van der Waals surface area contributed by atoms with Gasteiger partial charge in [0.1, 0.15) is 0 Å². The summed E-state index contributed by atoms with van der Waals surface area (Å²) in [7, 11) is 1.62. The Morgan fingerprint density at radius 1 is 1.67 bits per heavy atom. The van der Waals surface area contributed by atoms with Gasteiger partial charge >= 0.3 is 0 Å². The maximum absolute atomic E-state index is 10.9. The molecule has 0 spiro atoms. The van der Waals surface area contributed by atoms with Gasteiger partial charge in [-0.1, -0.05) is 0 Å². The molecule has 0 aromatic carbocycles. The first-order valence-corrected chi connectivity index (χ1v) is 6.38. The van der Waals surface area contributed by atoms with E-state index in [1.165, 1.54) is 11.3 Å². The molecule has 1 aromatic heterocycles. The monoisotopic (exact) mass is 291 g/mol. The molecule has 1 atom stereocenters. The van der Waals surface area contributed by atoms with Crippen LogP contribution in [0.1, 0.15) is 30.2 Å². The van der Waals surface area contributed by atoms with Crippen molar-refractivity contribution in [1.82, 2.24) is 5.32 Å². The number of hydrogen-bond donors (Lipinski definition) is 2. The van der Waals surface area contributed by atoms with Crippen LogP contribution in [-0.4, -0.2) is 18.1 Å². The zero-order chi connectivity index (χ0) is 11.3. The Balaban J connectivity index is 2.30. The molecule has 1 amide bonds. The van der Waals surface area contributed by atoms with Crippen LogP contribution >= 0.6 is 27.3 Å². The fraction of sp³-hybridized carbons (Fsp3) is 0.500. The number of halogens is 1. The summed E-state index contributed by atoms with van der Waals surface area (Å²) in [6.45, 7) is 0. The first kappa shape index (κ1) is 12.7. The van der Waals surface area contributed by atoms with Crippen molar-refractivity contribution < 1.29 is 9.90 Å². The number of carbonyl (C=O) groups excluding carboxylic acids is 1. The molecule has 0 radical (unpaired) electrons. The third kappa shape index (κ3) is 4.32. The molecule has 1 rings (SSSR count). The van der Waals surface area contributed by atoms with Crippen molar-refractivity contribution in [3.8, 4) is 0 Å². The number of rotatable bonds is 5. The van der Waals surface area contributed by atoms with Gasteiger partial charge in [-0.15, -0.1) is 11.3 Å². The van der Waals surface area contributed by atoms with Crippen LogP contribution in [0.25, 0.3) is 0 Å². The van der Waals surface area contributed by atoms with Gasteiger partial charge in [0, 0.05) is 18.3 Å². The summed E-state index contributed by atoms with van der Waals surface area (Å²) in [6, 6.07) is 3.82. The van der Waals surface area contributed by atoms with Crippen LogP contribution in [0.2, 0.25) is 0 Å². The van der Waals surface area contributed by atoms with Gasteiger partial charge in [-0.3, -0.25) is 4.79 Å². The third-order valence-electron chi connectivity index (χ3n) is 2.08. The number of amides is 1. The third-order valence-corrected chi connectivity index (χ3v) is 3.81. The van der Waals surface area contributed by atoms with Gasteiger partial charge in [-0.2, -0.15) is 0 Å². The van der Waals surface area contributed by atoms with Gasteiger partial charge < -0.3 is 10.4 Å². The molecule has 0 saturated carbocycles. The molecular weight excluding hydrogens is 278 g/mol. The molecule has 0 aliphatic carbocycles. The van der Waals surface area contributed by atoms with E-state index in [9.17, 15) is 9.90 Å². The van der Waals surface area contributed by atoms with Crippen molar-refractivity contribution in [2.75, 3.05) is 7.05 Å². The largest absolute Gasteiger partial charge is 0.388 e. The Morgan fingerprint density at radius 2 is 2.40 bits per heavy atom. The molecule has 3 nitrogen and oxygen atoms in total. The number of aliphatic hydroxyl groups excluding tert-OH is 1. The molecule has 0 fully saturated rings. The van der Waals surface area contributed by atoms with E-state index in [2.05, 4.69) is 21.2 Å². The fourth-order valence-electron chi connectivity index (χ4n) is 1.23. The topological polar surface area (TPSA) is 49.3 Å². The van der Waals surface area contributed by atoms with Crippen molar-refractivity contribution in [2.24, 2.45) is 0 Å². The quantitative estimate of drug-likeness (QED) is 0.876. The van der Waals surface area contributed by atoms with Crippen molar-refractivity contribution >= 4 is 33.2 Å². The first-order chi connectivity index (χ1) is 7.13. The van der Waals surface area contributed by atoms with E-state index in [4.69, 9.17) is 0 Å². The summed E-state index contributed by atoms with van der Waals surface area (Å²) < 4.78 is 1.02. The minimum atomic E-state index is -0.453. The summed E-state index contributed by atoms with van der Waals surface area (Å²) in [6.07, 6.45) is 1.35. The van der Waals surface area contributed by atoms with Gasteiger partial charge in [-0.05, 0) is 40.9 Å². The van der Waals surface area contributed by atoms with Crippen LogP contribution in [0, 0.1) is 0 Å². The highest BCUT2D eigenvalue weighted by molar-refractivity contribution is 9.11. The van der Waals surface area contributed by atoms with E-state index < -0.39 is 6.10 Å². The Morgan fingerprint density at radius 3 is 2.93 bits per heavy atom. The maximum atomic E-state index is 10.9. The highest BCUT2D eigenvalue weighted by Crippen LogP contribution is 2.29. The smallest absolute Gasteiger partial charge is 0.219 e. The number of carbonyl (C=O) groups is 1. The molecule has 1 unspecified atom stereocenters. The normalized spacial score (nSPS) is 12.5. The van der Waals surface area contributed by atoms with Crippen molar-refractivity contribution in [3.05, 3.63) is 20.8 Å². The summed E-state index contributed by atoms with van der Waals surface area (Å²) >= 11 is 4.87.